The van der Waals surface area contributed by atoms with Gasteiger partial charge in [-0.25, -0.2) is 0 Å². The van der Waals surface area contributed by atoms with Crippen molar-refractivity contribution >= 4 is 34.7 Å². The molecular weight excluding hydrogens is 326 g/mol. The zero-order valence-electron chi connectivity index (χ0n) is 12.9. The molecule has 7 heteroatoms. The molecule has 0 unspecified atom stereocenters. The minimum atomic E-state index is -0.347. The molecule has 24 heavy (non-hydrogen) atoms. The molecule has 2 N–H and O–H groups in total. The fourth-order valence-corrected chi connectivity index (χ4v) is 2.64. The second-order valence-electron chi connectivity index (χ2n) is 5.15. The Hall–Kier alpha value is -2.93. The monoisotopic (exact) mass is 341 g/mol. The second-order valence-corrected chi connectivity index (χ2v) is 5.53. The molecule has 0 atom stereocenters. The lowest BCUT2D eigenvalue weighted by Crippen LogP contribution is -2.29. The number of fused-ring (bicyclic) bond motifs is 1. The van der Waals surface area contributed by atoms with Crippen molar-refractivity contribution in [2.24, 2.45) is 0 Å². The topological polar surface area (TPSA) is 76.1 Å². The van der Waals surface area contributed by atoms with Crippen molar-refractivity contribution in [3.63, 3.8) is 0 Å². The fraction of sp³-hybridized carbons (Fsp3) is 0.118. The van der Waals surface area contributed by atoms with Crippen LogP contribution in [0.2, 0.25) is 0 Å². The zero-order valence-corrected chi connectivity index (χ0v) is 13.7. The van der Waals surface area contributed by atoms with Crippen LogP contribution in [0.4, 0.5) is 5.69 Å². The molecule has 0 radical (unpaired) electrons. The molecule has 3 aromatic rings. The largest absolute Gasteiger partial charge is 0.497 e. The van der Waals surface area contributed by atoms with Crippen LogP contribution in [-0.4, -0.2) is 22.6 Å². The van der Waals surface area contributed by atoms with Crippen molar-refractivity contribution < 1.29 is 9.53 Å². The van der Waals surface area contributed by atoms with Crippen LogP contribution in [0.25, 0.3) is 10.9 Å². The molecule has 1 amide bonds. The Morgan fingerprint density at radius 1 is 1.25 bits per heavy atom. The van der Waals surface area contributed by atoms with Gasteiger partial charge in [0.15, 0.2) is 4.77 Å². The number of nitrogens with zero attached hydrogens (tertiary/aromatic N) is 1. The van der Waals surface area contributed by atoms with Crippen LogP contribution in [0.1, 0.15) is 0 Å². The Balaban J connectivity index is 1.88. The van der Waals surface area contributed by atoms with Gasteiger partial charge < -0.3 is 15.0 Å². The molecule has 0 bridgehead atoms. The van der Waals surface area contributed by atoms with Crippen LogP contribution in [0.5, 0.6) is 5.75 Å². The number of carbonyl (C=O) groups excluding carboxylic acids is 1. The number of ether oxygens (including phenoxy) is 1. The molecule has 0 saturated heterocycles. The number of H-pyrrole nitrogens is 1. The van der Waals surface area contributed by atoms with Gasteiger partial charge in [-0.05, 0) is 36.5 Å². The van der Waals surface area contributed by atoms with Crippen LogP contribution < -0.4 is 15.6 Å². The van der Waals surface area contributed by atoms with Gasteiger partial charge in [-0.15, -0.1) is 0 Å². The maximum absolute atomic E-state index is 12.5. The van der Waals surface area contributed by atoms with Gasteiger partial charge in [-0.2, -0.15) is 0 Å². The van der Waals surface area contributed by atoms with Gasteiger partial charge in [0, 0.05) is 11.8 Å². The number of para-hydroxylation sites is 1. The normalized spacial score (nSPS) is 10.5. The summed E-state index contributed by atoms with van der Waals surface area (Å²) in [5.41, 5.74) is 0.940. The van der Waals surface area contributed by atoms with Gasteiger partial charge in [-0.1, -0.05) is 18.2 Å². The number of hydrogen-bond donors (Lipinski definition) is 2. The van der Waals surface area contributed by atoms with Crippen molar-refractivity contribution in [1.29, 1.82) is 0 Å². The van der Waals surface area contributed by atoms with Crippen LogP contribution >= 0.6 is 12.2 Å². The van der Waals surface area contributed by atoms with E-state index in [9.17, 15) is 9.59 Å². The van der Waals surface area contributed by atoms with Gasteiger partial charge in [-0.3, -0.25) is 14.2 Å². The average molecular weight is 341 g/mol. The summed E-state index contributed by atoms with van der Waals surface area (Å²) in [4.78, 5) is 27.7. The first kappa shape index (κ1) is 15.9. The van der Waals surface area contributed by atoms with Gasteiger partial charge in [0.25, 0.3) is 5.56 Å². The van der Waals surface area contributed by atoms with E-state index >= 15 is 0 Å². The van der Waals surface area contributed by atoms with E-state index < -0.39 is 0 Å². The fourth-order valence-electron chi connectivity index (χ4n) is 2.39. The molecule has 1 heterocycles. The first-order valence-corrected chi connectivity index (χ1v) is 7.65. The summed E-state index contributed by atoms with van der Waals surface area (Å²) >= 11 is 5.20. The number of amides is 1. The van der Waals surface area contributed by atoms with E-state index in [4.69, 9.17) is 17.0 Å². The molecule has 0 aliphatic carbocycles. The number of aromatic nitrogens is 2. The number of nitrogens with one attached hydrogen (secondary N) is 2. The molecular formula is C17H15N3O3S. The highest BCUT2D eigenvalue weighted by Crippen LogP contribution is 2.16. The minimum absolute atomic E-state index is 0.170. The lowest BCUT2D eigenvalue weighted by atomic mass is 10.2. The number of benzene rings is 2. The average Bonchev–Trinajstić information content (AvgIpc) is 2.59. The van der Waals surface area contributed by atoms with E-state index in [0.717, 1.165) is 0 Å². The highest BCUT2D eigenvalue weighted by molar-refractivity contribution is 7.71. The number of methoxy groups -OCH3 is 1. The second kappa shape index (κ2) is 6.67. The maximum Gasteiger partial charge on any atom is 0.262 e. The highest BCUT2D eigenvalue weighted by Gasteiger charge is 2.10. The Bertz CT molecular complexity index is 1020. The third-order valence-corrected chi connectivity index (χ3v) is 3.87. The maximum atomic E-state index is 12.5. The van der Waals surface area contributed by atoms with E-state index in [1.54, 1.807) is 49.6 Å². The van der Waals surface area contributed by atoms with E-state index in [2.05, 4.69) is 10.3 Å². The van der Waals surface area contributed by atoms with Crippen LogP contribution in [0.3, 0.4) is 0 Å². The van der Waals surface area contributed by atoms with Gasteiger partial charge in [0.05, 0.1) is 18.0 Å². The Morgan fingerprint density at radius 3 is 2.83 bits per heavy atom. The van der Waals surface area contributed by atoms with E-state index in [1.807, 2.05) is 6.07 Å². The summed E-state index contributed by atoms with van der Waals surface area (Å²) < 4.78 is 6.56. The van der Waals surface area contributed by atoms with Crippen LogP contribution in [-0.2, 0) is 11.3 Å². The van der Waals surface area contributed by atoms with Crippen LogP contribution in [0.15, 0.2) is 53.3 Å². The van der Waals surface area contributed by atoms with Gasteiger partial charge >= 0.3 is 0 Å². The molecule has 3 rings (SSSR count). The first-order valence-electron chi connectivity index (χ1n) is 7.24. The first-order chi connectivity index (χ1) is 11.6. The predicted molar refractivity (Wildman–Crippen MR) is 95.0 cm³/mol. The highest BCUT2D eigenvalue weighted by atomic mass is 32.1. The molecule has 122 valence electrons. The summed E-state index contributed by atoms with van der Waals surface area (Å²) in [6.07, 6.45) is 0. The van der Waals surface area contributed by atoms with E-state index in [0.29, 0.717) is 22.3 Å². The third-order valence-electron chi connectivity index (χ3n) is 3.54. The predicted octanol–water partition coefficient (Wildman–Crippen LogP) is 2.71. The van der Waals surface area contributed by atoms with Crippen molar-refractivity contribution in [2.45, 2.75) is 6.54 Å². The van der Waals surface area contributed by atoms with Crippen molar-refractivity contribution in [3.05, 3.63) is 63.7 Å². The zero-order chi connectivity index (χ0) is 17.1. The molecule has 2 aromatic carbocycles. The SMILES string of the molecule is COc1cccc(NC(=O)Cn2c(=S)[nH]c3ccccc3c2=O)c1. The molecule has 0 saturated carbocycles. The van der Waals surface area contributed by atoms with Crippen molar-refractivity contribution in [3.8, 4) is 5.75 Å². The number of anilines is 1. The molecule has 0 aliphatic rings. The number of hydrogen-bond acceptors (Lipinski definition) is 4. The molecule has 1 aromatic heterocycles. The Morgan fingerprint density at radius 2 is 2.04 bits per heavy atom. The number of aromatic amines is 1. The minimum Gasteiger partial charge on any atom is -0.497 e. The molecule has 0 aliphatic heterocycles. The standard InChI is InChI=1S/C17H15N3O3S/c1-23-12-6-4-5-11(9-12)18-15(21)10-20-16(22)13-7-2-3-8-14(13)19-17(20)24/h2-9H,10H2,1H3,(H,18,21)(H,19,24). The number of carbonyl (C=O) groups is 1. The van der Waals surface area contributed by atoms with Crippen LogP contribution in [0, 0.1) is 4.77 Å². The summed E-state index contributed by atoms with van der Waals surface area (Å²) in [6.45, 7) is -0.170. The Kier molecular flexibility index (Phi) is 4.43. The lowest BCUT2D eigenvalue weighted by Gasteiger charge is -2.09. The Labute approximate surface area is 142 Å². The summed E-state index contributed by atoms with van der Waals surface area (Å²) in [7, 11) is 1.55. The summed E-state index contributed by atoms with van der Waals surface area (Å²) in [5, 5.41) is 3.22. The molecule has 6 nitrogen and oxygen atoms in total. The molecule has 0 fully saturated rings. The van der Waals surface area contributed by atoms with E-state index in [-0.39, 0.29) is 22.8 Å². The molecule has 0 spiro atoms. The van der Waals surface area contributed by atoms with Gasteiger partial charge in [0.2, 0.25) is 5.91 Å². The summed E-state index contributed by atoms with van der Waals surface area (Å²) in [6, 6.07) is 14.0. The third kappa shape index (κ3) is 3.21. The van der Waals surface area contributed by atoms with E-state index in [1.165, 1.54) is 4.57 Å². The van der Waals surface area contributed by atoms with Gasteiger partial charge in [0.1, 0.15) is 12.3 Å². The summed E-state index contributed by atoms with van der Waals surface area (Å²) in [5.74, 6) is 0.285. The van der Waals surface area contributed by atoms with Crippen molar-refractivity contribution in [2.75, 3.05) is 12.4 Å². The smallest absolute Gasteiger partial charge is 0.262 e. The number of rotatable bonds is 4. The van der Waals surface area contributed by atoms with Crippen molar-refractivity contribution in [1.82, 2.24) is 9.55 Å². The lowest BCUT2D eigenvalue weighted by molar-refractivity contribution is -0.116. The quantitative estimate of drug-likeness (QED) is 0.716.